The molecule has 3 N–H and O–H groups in total. The molecule has 130 valence electrons. The topological polar surface area (TPSA) is 87.8 Å². The summed E-state index contributed by atoms with van der Waals surface area (Å²) in [4.78, 5) is 16.3. The van der Waals surface area contributed by atoms with Gasteiger partial charge >= 0.3 is 0 Å². The van der Waals surface area contributed by atoms with E-state index in [9.17, 15) is 0 Å². The predicted molar refractivity (Wildman–Crippen MR) is 103 cm³/mol. The molecule has 0 unspecified atom stereocenters. The standard InChI is InChI=1S/C18H15ClN6O/c1-26-14-8-6-13(7-9-14)23-18-24-16-15(20-10-21-16)17(25-18)22-12-4-2-11(19)3-5-12/h2-10H,1H3,(H3,20,21,22,23,24,25). The zero-order valence-electron chi connectivity index (χ0n) is 13.8. The molecule has 2 aromatic heterocycles. The quantitative estimate of drug-likeness (QED) is 0.482. The average Bonchev–Trinajstić information content (AvgIpc) is 3.13. The molecule has 2 aromatic carbocycles. The number of fused-ring (bicyclic) bond motifs is 1. The Hall–Kier alpha value is -3.32. The second kappa shape index (κ2) is 6.89. The summed E-state index contributed by atoms with van der Waals surface area (Å²) in [5.74, 6) is 1.83. The van der Waals surface area contributed by atoms with E-state index < -0.39 is 0 Å². The highest BCUT2D eigenvalue weighted by Gasteiger charge is 2.11. The zero-order chi connectivity index (χ0) is 17.9. The van der Waals surface area contributed by atoms with Gasteiger partial charge in [-0.1, -0.05) is 11.6 Å². The predicted octanol–water partition coefficient (Wildman–Crippen LogP) is 4.50. The lowest BCUT2D eigenvalue weighted by atomic mass is 10.3. The molecule has 0 atom stereocenters. The van der Waals surface area contributed by atoms with Crippen LogP contribution in [0.15, 0.2) is 54.9 Å². The van der Waals surface area contributed by atoms with Crippen molar-refractivity contribution < 1.29 is 4.74 Å². The molecular formula is C18H15ClN6O. The van der Waals surface area contributed by atoms with Gasteiger partial charge in [-0.2, -0.15) is 9.97 Å². The smallest absolute Gasteiger partial charge is 0.231 e. The minimum atomic E-state index is 0.436. The fourth-order valence-corrected chi connectivity index (χ4v) is 2.58. The maximum atomic E-state index is 5.94. The summed E-state index contributed by atoms with van der Waals surface area (Å²) >= 11 is 5.94. The largest absolute Gasteiger partial charge is 0.497 e. The van der Waals surface area contributed by atoms with Crippen LogP contribution in [-0.4, -0.2) is 27.0 Å². The van der Waals surface area contributed by atoms with Crippen molar-refractivity contribution in [2.75, 3.05) is 17.7 Å². The van der Waals surface area contributed by atoms with E-state index in [0.29, 0.717) is 22.4 Å². The number of anilines is 4. The lowest BCUT2D eigenvalue weighted by Crippen LogP contribution is -2.02. The van der Waals surface area contributed by atoms with Crippen LogP contribution in [0.25, 0.3) is 11.2 Å². The number of ether oxygens (including phenoxy) is 1. The summed E-state index contributed by atoms with van der Waals surface area (Å²) in [6.07, 6.45) is 1.59. The summed E-state index contributed by atoms with van der Waals surface area (Å²) in [5.41, 5.74) is 2.99. The van der Waals surface area contributed by atoms with Gasteiger partial charge in [-0.05, 0) is 48.5 Å². The average molecular weight is 367 g/mol. The Labute approximate surface area is 154 Å². The van der Waals surface area contributed by atoms with Crippen LogP contribution in [0, 0.1) is 0 Å². The van der Waals surface area contributed by atoms with Crippen molar-refractivity contribution in [1.82, 2.24) is 19.9 Å². The minimum absolute atomic E-state index is 0.436. The van der Waals surface area contributed by atoms with Crippen molar-refractivity contribution in [2.24, 2.45) is 0 Å². The second-order valence-corrected chi connectivity index (χ2v) is 5.92. The van der Waals surface area contributed by atoms with Gasteiger partial charge in [0.05, 0.1) is 13.4 Å². The number of imidazole rings is 1. The van der Waals surface area contributed by atoms with Gasteiger partial charge in [0.2, 0.25) is 5.95 Å². The van der Waals surface area contributed by atoms with Crippen molar-refractivity contribution in [3.8, 4) is 5.75 Å². The number of H-pyrrole nitrogens is 1. The molecule has 0 bridgehead atoms. The highest BCUT2D eigenvalue weighted by Crippen LogP contribution is 2.25. The van der Waals surface area contributed by atoms with E-state index in [1.165, 1.54) is 0 Å². The molecule has 0 aliphatic heterocycles. The van der Waals surface area contributed by atoms with E-state index >= 15 is 0 Å². The highest BCUT2D eigenvalue weighted by molar-refractivity contribution is 6.30. The van der Waals surface area contributed by atoms with Crippen LogP contribution >= 0.6 is 11.6 Å². The molecular weight excluding hydrogens is 352 g/mol. The number of aromatic amines is 1. The van der Waals surface area contributed by atoms with Crippen molar-refractivity contribution in [2.45, 2.75) is 0 Å². The maximum absolute atomic E-state index is 5.94. The van der Waals surface area contributed by atoms with Gasteiger partial charge in [-0.15, -0.1) is 0 Å². The number of halogens is 1. The molecule has 8 heteroatoms. The Bertz CT molecular complexity index is 1030. The Morgan fingerprint density at radius 1 is 0.923 bits per heavy atom. The number of methoxy groups -OCH3 is 1. The number of hydrogen-bond donors (Lipinski definition) is 3. The number of hydrogen-bond acceptors (Lipinski definition) is 6. The first kappa shape index (κ1) is 16.2. The molecule has 0 saturated carbocycles. The molecule has 4 rings (SSSR count). The Kier molecular flexibility index (Phi) is 4.28. The molecule has 0 spiro atoms. The first-order chi connectivity index (χ1) is 12.7. The fourth-order valence-electron chi connectivity index (χ4n) is 2.45. The van der Waals surface area contributed by atoms with E-state index in [2.05, 4.69) is 30.6 Å². The third kappa shape index (κ3) is 3.38. The summed E-state index contributed by atoms with van der Waals surface area (Å²) < 4.78 is 5.17. The summed E-state index contributed by atoms with van der Waals surface area (Å²) in [7, 11) is 1.63. The van der Waals surface area contributed by atoms with Gasteiger partial charge in [0.25, 0.3) is 0 Å². The molecule has 0 amide bonds. The van der Waals surface area contributed by atoms with Gasteiger partial charge in [-0.25, -0.2) is 4.98 Å². The molecule has 7 nitrogen and oxygen atoms in total. The third-order valence-electron chi connectivity index (χ3n) is 3.74. The summed E-state index contributed by atoms with van der Waals surface area (Å²) in [6, 6.07) is 14.9. The zero-order valence-corrected chi connectivity index (χ0v) is 14.6. The lowest BCUT2D eigenvalue weighted by Gasteiger charge is -2.10. The molecule has 4 aromatic rings. The van der Waals surface area contributed by atoms with Crippen LogP contribution in [0.5, 0.6) is 5.75 Å². The highest BCUT2D eigenvalue weighted by atomic mass is 35.5. The van der Waals surface area contributed by atoms with Gasteiger partial charge in [0.15, 0.2) is 11.5 Å². The number of benzene rings is 2. The first-order valence-corrected chi connectivity index (χ1v) is 8.24. The Morgan fingerprint density at radius 3 is 2.35 bits per heavy atom. The third-order valence-corrected chi connectivity index (χ3v) is 3.99. The molecule has 0 aliphatic carbocycles. The van der Waals surface area contributed by atoms with Crippen LogP contribution in [0.4, 0.5) is 23.1 Å². The van der Waals surface area contributed by atoms with E-state index in [1.54, 1.807) is 13.4 Å². The van der Waals surface area contributed by atoms with E-state index in [4.69, 9.17) is 16.3 Å². The number of rotatable bonds is 5. The van der Waals surface area contributed by atoms with Crippen molar-refractivity contribution >= 4 is 45.9 Å². The van der Waals surface area contributed by atoms with Crippen LogP contribution in [0.2, 0.25) is 5.02 Å². The molecule has 0 aliphatic rings. The lowest BCUT2D eigenvalue weighted by molar-refractivity contribution is 0.415. The summed E-state index contributed by atoms with van der Waals surface area (Å²) in [5, 5.41) is 7.12. The van der Waals surface area contributed by atoms with Crippen LogP contribution in [0.3, 0.4) is 0 Å². The SMILES string of the molecule is COc1ccc(Nc2nc(Nc3ccc(Cl)cc3)c3[nH]cnc3n2)cc1. The Morgan fingerprint density at radius 2 is 1.62 bits per heavy atom. The first-order valence-electron chi connectivity index (χ1n) is 7.86. The number of aromatic nitrogens is 4. The monoisotopic (exact) mass is 366 g/mol. The number of nitrogens with one attached hydrogen (secondary N) is 3. The molecule has 0 radical (unpaired) electrons. The molecule has 0 fully saturated rings. The van der Waals surface area contributed by atoms with Crippen molar-refractivity contribution in [3.05, 3.63) is 59.9 Å². The molecule has 0 saturated heterocycles. The minimum Gasteiger partial charge on any atom is -0.497 e. The van der Waals surface area contributed by atoms with E-state index in [-0.39, 0.29) is 0 Å². The molecule has 2 heterocycles. The molecule has 26 heavy (non-hydrogen) atoms. The van der Waals surface area contributed by atoms with Gasteiger partial charge < -0.3 is 20.4 Å². The maximum Gasteiger partial charge on any atom is 0.231 e. The fraction of sp³-hybridized carbons (Fsp3) is 0.0556. The second-order valence-electron chi connectivity index (χ2n) is 5.48. The van der Waals surface area contributed by atoms with Crippen LogP contribution in [-0.2, 0) is 0 Å². The van der Waals surface area contributed by atoms with Gasteiger partial charge in [-0.3, -0.25) is 0 Å². The van der Waals surface area contributed by atoms with Crippen LogP contribution in [0.1, 0.15) is 0 Å². The van der Waals surface area contributed by atoms with Gasteiger partial charge in [0, 0.05) is 16.4 Å². The normalized spacial score (nSPS) is 10.7. The van der Waals surface area contributed by atoms with E-state index in [1.807, 2.05) is 48.5 Å². The van der Waals surface area contributed by atoms with Crippen LogP contribution < -0.4 is 15.4 Å². The van der Waals surface area contributed by atoms with Gasteiger partial charge in [0.1, 0.15) is 11.3 Å². The van der Waals surface area contributed by atoms with E-state index in [0.717, 1.165) is 22.6 Å². The number of nitrogens with zero attached hydrogens (tertiary/aromatic N) is 3. The Balaban J connectivity index is 1.66. The summed E-state index contributed by atoms with van der Waals surface area (Å²) in [6.45, 7) is 0. The van der Waals surface area contributed by atoms with Crippen molar-refractivity contribution in [3.63, 3.8) is 0 Å². The van der Waals surface area contributed by atoms with Crippen molar-refractivity contribution in [1.29, 1.82) is 0 Å².